The van der Waals surface area contributed by atoms with Crippen LogP contribution < -0.4 is 5.32 Å². The second kappa shape index (κ2) is 37.6. The average molecular weight is 830 g/mol. The molecule has 1 aliphatic rings. The molecule has 58 heavy (non-hydrogen) atoms. The van der Waals surface area contributed by atoms with E-state index < -0.39 is 74.2 Å². The zero-order chi connectivity index (χ0) is 42.6. The summed E-state index contributed by atoms with van der Waals surface area (Å²) in [5, 5.41) is 75.4. The molecule has 0 aromatic carbocycles. The SMILES string of the molecule is CCCCCCCCCCCCCCCCCCCC/C=C/CCCC(O)C(O)C(COC1OC(CO)C(O)C(O)C1O)NC(=O)C(O)CCCCCCCCCC. The van der Waals surface area contributed by atoms with Crippen LogP contribution in [0.4, 0.5) is 0 Å². The summed E-state index contributed by atoms with van der Waals surface area (Å²) in [5.41, 5.74) is 0. The fourth-order valence-electron chi connectivity index (χ4n) is 7.79. The molecule has 0 bridgehead atoms. The van der Waals surface area contributed by atoms with E-state index in [9.17, 15) is 40.5 Å². The summed E-state index contributed by atoms with van der Waals surface area (Å²) in [5.74, 6) is -0.709. The van der Waals surface area contributed by atoms with Gasteiger partial charge in [-0.15, -0.1) is 0 Å². The van der Waals surface area contributed by atoms with Crippen LogP contribution in [0.2, 0.25) is 0 Å². The van der Waals surface area contributed by atoms with Crippen molar-refractivity contribution in [1.29, 1.82) is 0 Å². The smallest absolute Gasteiger partial charge is 0.249 e. The van der Waals surface area contributed by atoms with Crippen LogP contribution in [-0.2, 0) is 14.3 Å². The third-order valence-electron chi connectivity index (χ3n) is 11.8. The molecular weight excluding hydrogens is 739 g/mol. The zero-order valence-corrected chi connectivity index (χ0v) is 37.0. The number of rotatable bonds is 40. The van der Waals surface area contributed by atoms with E-state index in [-0.39, 0.29) is 12.8 Å². The Labute approximate surface area is 353 Å². The Balaban J connectivity index is 2.35. The van der Waals surface area contributed by atoms with Gasteiger partial charge in [0.1, 0.15) is 36.6 Å². The highest BCUT2D eigenvalue weighted by atomic mass is 16.7. The lowest BCUT2D eigenvalue weighted by molar-refractivity contribution is -0.303. The Morgan fingerprint density at radius 2 is 1.02 bits per heavy atom. The van der Waals surface area contributed by atoms with Crippen LogP contribution in [0.3, 0.4) is 0 Å². The third kappa shape index (κ3) is 26.9. The van der Waals surface area contributed by atoms with Crippen LogP contribution in [0.1, 0.15) is 213 Å². The molecule has 0 radical (unpaired) electrons. The first-order valence-corrected chi connectivity index (χ1v) is 24.1. The average Bonchev–Trinajstić information content (AvgIpc) is 3.22. The Morgan fingerprint density at radius 3 is 1.48 bits per heavy atom. The summed E-state index contributed by atoms with van der Waals surface area (Å²) in [7, 11) is 0. The largest absolute Gasteiger partial charge is 0.394 e. The highest BCUT2D eigenvalue weighted by molar-refractivity contribution is 5.80. The predicted octanol–water partition coefficient (Wildman–Crippen LogP) is 8.06. The van der Waals surface area contributed by atoms with Crippen molar-refractivity contribution in [1.82, 2.24) is 5.32 Å². The maximum atomic E-state index is 13.0. The molecule has 0 spiro atoms. The Hall–Kier alpha value is -1.15. The molecule has 8 N–H and O–H groups in total. The van der Waals surface area contributed by atoms with Crippen molar-refractivity contribution in [3.05, 3.63) is 12.2 Å². The third-order valence-corrected chi connectivity index (χ3v) is 11.8. The highest BCUT2D eigenvalue weighted by Crippen LogP contribution is 2.23. The van der Waals surface area contributed by atoms with Gasteiger partial charge in [0.25, 0.3) is 0 Å². The maximum absolute atomic E-state index is 13.0. The quantitative estimate of drug-likeness (QED) is 0.0222. The lowest BCUT2D eigenvalue weighted by Crippen LogP contribution is -2.60. The number of allylic oxidation sites excluding steroid dienone is 2. The number of ether oxygens (including phenoxy) is 2. The molecule has 0 aromatic heterocycles. The summed E-state index contributed by atoms with van der Waals surface area (Å²) in [6.45, 7) is 3.39. The second-order valence-electron chi connectivity index (χ2n) is 17.2. The minimum atomic E-state index is -1.66. The highest BCUT2D eigenvalue weighted by Gasteiger charge is 2.44. The molecule has 11 nitrogen and oxygen atoms in total. The Morgan fingerprint density at radius 1 is 0.586 bits per heavy atom. The topological polar surface area (TPSA) is 189 Å². The number of hydrogen-bond donors (Lipinski definition) is 8. The van der Waals surface area contributed by atoms with Gasteiger partial charge in [0, 0.05) is 0 Å². The molecule has 0 aromatic rings. The van der Waals surface area contributed by atoms with Gasteiger partial charge < -0.3 is 50.5 Å². The van der Waals surface area contributed by atoms with Crippen LogP contribution in [0.15, 0.2) is 12.2 Å². The predicted molar refractivity (Wildman–Crippen MR) is 233 cm³/mol. The minimum absolute atomic E-state index is 0.256. The summed E-state index contributed by atoms with van der Waals surface area (Å²) in [4.78, 5) is 13.0. The van der Waals surface area contributed by atoms with Crippen LogP contribution in [-0.4, -0.2) is 110 Å². The maximum Gasteiger partial charge on any atom is 0.249 e. The first-order chi connectivity index (χ1) is 28.2. The number of aliphatic hydroxyl groups excluding tert-OH is 7. The van der Waals surface area contributed by atoms with Crippen LogP contribution in [0, 0.1) is 0 Å². The second-order valence-corrected chi connectivity index (χ2v) is 17.2. The van der Waals surface area contributed by atoms with Crippen molar-refractivity contribution < 1.29 is 50.0 Å². The lowest BCUT2D eigenvalue weighted by atomic mass is 9.98. The van der Waals surface area contributed by atoms with E-state index in [4.69, 9.17) is 9.47 Å². The molecule has 1 rings (SSSR count). The van der Waals surface area contributed by atoms with E-state index in [0.717, 1.165) is 38.5 Å². The van der Waals surface area contributed by atoms with E-state index >= 15 is 0 Å². The number of amides is 1. The molecule has 9 atom stereocenters. The molecule has 9 unspecified atom stereocenters. The molecule has 1 aliphatic heterocycles. The summed E-state index contributed by atoms with van der Waals surface area (Å²) in [6, 6.07) is -1.18. The first-order valence-electron chi connectivity index (χ1n) is 24.1. The number of aliphatic hydroxyl groups is 7. The number of unbranched alkanes of at least 4 members (excludes halogenated alkanes) is 26. The van der Waals surface area contributed by atoms with Crippen LogP contribution in [0.25, 0.3) is 0 Å². The minimum Gasteiger partial charge on any atom is -0.394 e. The first kappa shape index (κ1) is 54.9. The van der Waals surface area contributed by atoms with Gasteiger partial charge >= 0.3 is 0 Å². The summed E-state index contributed by atoms with van der Waals surface area (Å²) in [6.07, 6.45) is 28.7. The summed E-state index contributed by atoms with van der Waals surface area (Å²) < 4.78 is 11.1. The van der Waals surface area contributed by atoms with E-state index in [1.54, 1.807) is 0 Å². The van der Waals surface area contributed by atoms with Crippen molar-refractivity contribution >= 4 is 5.91 Å². The molecule has 1 saturated heterocycles. The fourth-order valence-corrected chi connectivity index (χ4v) is 7.79. The molecule has 344 valence electrons. The molecular formula is C47H91NO10. The van der Waals surface area contributed by atoms with Gasteiger partial charge in [0.05, 0.1) is 25.4 Å². The van der Waals surface area contributed by atoms with Crippen molar-refractivity contribution in [2.75, 3.05) is 13.2 Å². The van der Waals surface area contributed by atoms with E-state index in [1.165, 1.54) is 135 Å². The number of carbonyl (C=O) groups excluding carboxylic acids is 1. The monoisotopic (exact) mass is 830 g/mol. The molecule has 1 amide bonds. The van der Waals surface area contributed by atoms with E-state index in [2.05, 4.69) is 31.3 Å². The van der Waals surface area contributed by atoms with Gasteiger partial charge in [0.2, 0.25) is 5.91 Å². The van der Waals surface area contributed by atoms with Crippen molar-refractivity contribution in [2.24, 2.45) is 0 Å². The van der Waals surface area contributed by atoms with Crippen molar-refractivity contribution in [3.63, 3.8) is 0 Å². The van der Waals surface area contributed by atoms with Gasteiger partial charge in [0.15, 0.2) is 6.29 Å². The fraction of sp³-hybridized carbons (Fsp3) is 0.936. The number of nitrogens with one attached hydrogen (secondary N) is 1. The number of hydrogen-bond acceptors (Lipinski definition) is 10. The Kier molecular flexibility index (Phi) is 35.6. The van der Waals surface area contributed by atoms with E-state index in [1.807, 2.05) is 0 Å². The molecule has 1 heterocycles. The van der Waals surface area contributed by atoms with Gasteiger partial charge in [-0.2, -0.15) is 0 Å². The zero-order valence-electron chi connectivity index (χ0n) is 37.0. The van der Waals surface area contributed by atoms with Gasteiger partial charge in [-0.05, 0) is 38.5 Å². The molecule has 0 saturated carbocycles. The number of carbonyl (C=O) groups is 1. The van der Waals surface area contributed by atoms with Gasteiger partial charge in [-0.3, -0.25) is 4.79 Å². The van der Waals surface area contributed by atoms with Crippen LogP contribution in [0.5, 0.6) is 0 Å². The molecule has 1 fully saturated rings. The van der Waals surface area contributed by atoms with Crippen molar-refractivity contribution in [3.8, 4) is 0 Å². The van der Waals surface area contributed by atoms with E-state index in [0.29, 0.717) is 12.8 Å². The van der Waals surface area contributed by atoms with Crippen LogP contribution >= 0.6 is 0 Å². The lowest BCUT2D eigenvalue weighted by Gasteiger charge is -2.40. The van der Waals surface area contributed by atoms with Crippen molar-refractivity contribution in [2.45, 2.75) is 268 Å². The van der Waals surface area contributed by atoms with Gasteiger partial charge in [-0.25, -0.2) is 0 Å². The molecule has 11 heteroatoms. The molecule has 0 aliphatic carbocycles. The van der Waals surface area contributed by atoms with Gasteiger partial charge in [-0.1, -0.05) is 187 Å². The Bertz CT molecular complexity index is 954. The summed E-state index contributed by atoms with van der Waals surface area (Å²) >= 11 is 0. The normalized spacial score (nSPS) is 22.0. The standard InChI is InChI=1S/C47H91NO10/c1-3-5-7-9-11-13-14-15-16-17-18-19-20-21-22-23-24-25-26-27-29-30-32-34-39(50)42(52)38(37-57-47-45(55)44(54)43(53)41(36-49)58-47)48-46(56)40(51)35-33-31-28-12-10-8-6-4-2/h27,29,38-45,47,49-55H,3-26,28,30-37H2,1-2H3,(H,48,56)/b29-27+.